The molecule has 1 aromatic heterocycles. The van der Waals surface area contributed by atoms with Crippen LogP contribution in [0, 0.1) is 12.7 Å². The maximum Gasteiger partial charge on any atom is 0.340 e. The summed E-state index contributed by atoms with van der Waals surface area (Å²) in [5, 5.41) is 6.04. The monoisotopic (exact) mass is 370 g/mol. The molecule has 0 aliphatic rings. The molecule has 0 saturated heterocycles. The zero-order chi connectivity index (χ0) is 16.3. The van der Waals surface area contributed by atoms with Crippen LogP contribution >= 0.6 is 15.9 Å². The summed E-state index contributed by atoms with van der Waals surface area (Å²) < 4.78 is 23.4. The Labute approximate surface area is 133 Å². The maximum absolute atomic E-state index is 13.2. The average molecular weight is 371 g/mol. The first-order valence-electron chi connectivity index (χ1n) is 6.27. The lowest BCUT2D eigenvalue weighted by molar-refractivity contribution is -0.123. The molecule has 0 fully saturated rings. The van der Waals surface area contributed by atoms with Gasteiger partial charge in [-0.3, -0.25) is 4.79 Å². The molecule has 1 N–H and O–H groups in total. The second kappa shape index (κ2) is 6.69. The number of ether oxygens (including phenoxy) is 1. The summed E-state index contributed by atoms with van der Waals surface area (Å²) in [5.41, 5.74) is -0.00284. The number of amides is 1. The molecule has 1 heterocycles. The molecule has 1 aromatic carbocycles. The van der Waals surface area contributed by atoms with Gasteiger partial charge in [0, 0.05) is 10.5 Å². The predicted molar refractivity (Wildman–Crippen MR) is 78.8 cm³/mol. The van der Waals surface area contributed by atoms with E-state index in [1.165, 1.54) is 25.1 Å². The lowest BCUT2D eigenvalue weighted by Gasteiger charge is -2.13. The number of hydrogen-bond donors (Lipinski definition) is 1. The van der Waals surface area contributed by atoms with Crippen molar-refractivity contribution in [3.05, 3.63) is 45.9 Å². The van der Waals surface area contributed by atoms with E-state index in [4.69, 9.17) is 9.26 Å². The normalized spacial score (nSPS) is 11.8. The third kappa shape index (κ3) is 3.91. The molecule has 22 heavy (non-hydrogen) atoms. The summed E-state index contributed by atoms with van der Waals surface area (Å²) in [7, 11) is 0. The Bertz CT molecular complexity index is 717. The molecule has 1 atom stereocenters. The fourth-order valence-corrected chi connectivity index (χ4v) is 1.99. The van der Waals surface area contributed by atoms with Crippen LogP contribution in [0.4, 0.5) is 10.2 Å². The van der Waals surface area contributed by atoms with Crippen LogP contribution in [0.5, 0.6) is 0 Å². The van der Waals surface area contributed by atoms with Gasteiger partial charge in [-0.15, -0.1) is 0 Å². The highest BCUT2D eigenvalue weighted by Gasteiger charge is 2.21. The summed E-state index contributed by atoms with van der Waals surface area (Å²) >= 11 is 3.12. The van der Waals surface area contributed by atoms with Gasteiger partial charge < -0.3 is 14.6 Å². The van der Waals surface area contributed by atoms with Crippen molar-refractivity contribution in [2.45, 2.75) is 20.0 Å². The van der Waals surface area contributed by atoms with E-state index in [2.05, 4.69) is 26.4 Å². The van der Waals surface area contributed by atoms with Gasteiger partial charge in [0.15, 0.2) is 11.9 Å². The van der Waals surface area contributed by atoms with Gasteiger partial charge in [0.25, 0.3) is 5.91 Å². The number of aryl methyl sites for hydroxylation is 1. The highest BCUT2D eigenvalue weighted by atomic mass is 79.9. The predicted octanol–water partition coefficient (Wildman–Crippen LogP) is 3.07. The van der Waals surface area contributed by atoms with Crippen LogP contribution in [0.15, 0.2) is 33.3 Å². The number of nitrogens with one attached hydrogen (secondary N) is 1. The van der Waals surface area contributed by atoms with E-state index in [-0.39, 0.29) is 11.4 Å². The number of halogens is 2. The van der Waals surface area contributed by atoms with Gasteiger partial charge in [0.05, 0.1) is 5.56 Å². The minimum absolute atomic E-state index is 0.00284. The topological polar surface area (TPSA) is 81.4 Å². The summed E-state index contributed by atoms with van der Waals surface area (Å²) in [4.78, 5) is 23.8. The number of anilines is 1. The van der Waals surface area contributed by atoms with Crippen LogP contribution in [0.3, 0.4) is 0 Å². The number of rotatable bonds is 4. The van der Waals surface area contributed by atoms with Crippen molar-refractivity contribution in [2.24, 2.45) is 0 Å². The molecular weight excluding hydrogens is 359 g/mol. The molecule has 0 saturated carbocycles. The third-order valence-corrected chi connectivity index (χ3v) is 3.37. The van der Waals surface area contributed by atoms with Crippen LogP contribution in [-0.2, 0) is 9.53 Å². The molecule has 2 aromatic rings. The van der Waals surface area contributed by atoms with Gasteiger partial charge in [-0.05, 0) is 48.0 Å². The fraction of sp³-hybridized carbons (Fsp3) is 0.214. The lowest BCUT2D eigenvalue weighted by atomic mass is 10.2. The van der Waals surface area contributed by atoms with Gasteiger partial charge in [-0.1, -0.05) is 5.16 Å². The van der Waals surface area contributed by atoms with Crippen molar-refractivity contribution >= 4 is 33.6 Å². The zero-order valence-corrected chi connectivity index (χ0v) is 13.3. The van der Waals surface area contributed by atoms with Crippen LogP contribution in [0.1, 0.15) is 23.0 Å². The third-order valence-electron chi connectivity index (χ3n) is 2.68. The van der Waals surface area contributed by atoms with Crippen LogP contribution in [0.2, 0.25) is 0 Å². The summed E-state index contributed by atoms with van der Waals surface area (Å²) in [5.74, 6) is -1.22. The van der Waals surface area contributed by atoms with Crippen molar-refractivity contribution in [3.8, 4) is 0 Å². The van der Waals surface area contributed by atoms with Gasteiger partial charge in [0.2, 0.25) is 0 Å². The highest BCUT2D eigenvalue weighted by Crippen LogP contribution is 2.19. The molecular formula is C14H12BrFN2O4. The number of carbonyl (C=O) groups excluding carboxylic acids is 2. The van der Waals surface area contributed by atoms with Crippen molar-refractivity contribution in [1.29, 1.82) is 0 Å². The van der Waals surface area contributed by atoms with E-state index in [0.29, 0.717) is 10.2 Å². The smallest absolute Gasteiger partial charge is 0.340 e. The Morgan fingerprint density at radius 1 is 1.41 bits per heavy atom. The molecule has 0 aliphatic heterocycles. The van der Waals surface area contributed by atoms with Crippen LogP contribution < -0.4 is 5.32 Å². The fourth-order valence-electron chi connectivity index (χ4n) is 1.58. The lowest BCUT2D eigenvalue weighted by Crippen LogP contribution is -2.30. The Morgan fingerprint density at radius 2 is 2.14 bits per heavy atom. The summed E-state index contributed by atoms with van der Waals surface area (Å²) in [6.07, 6.45) is -1.08. The average Bonchev–Trinajstić information content (AvgIpc) is 2.86. The minimum atomic E-state index is -1.08. The summed E-state index contributed by atoms with van der Waals surface area (Å²) in [6, 6.07) is 5.13. The standard InChI is InChI=1S/C14H12BrFN2O4/c1-7-5-12(18-22-7)17-13(19)8(2)21-14(20)10-6-9(16)3-4-11(10)15/h3-6,8H,1-2H3,(H,17,18,19)/t8-/m0/s1. The highest BCUT2D eigenvalue weighted by molar-refractivity contribution is 9.10. The molecule has 0 spiro atoms. The Morgan fingerprint density at radius 3 is 2.77 bits per heavy atom. The van der Waals surface area contributed by atoms with Gasteiger partial charge in [-0.2, -0.15) is 0 Å². The first-order valence-corrected chi connectivity index (χ1v) is 7.06. The van der Waals surface area contributed by atoms with Gasteiger partial charge >= 0.3 is 5.97 Å². The molecule has 116 valence electrons. The van der Waals surface area contributed by atoms with Gasteiger partial charge in [0.1, 0.15) is 11.6 Å². The van der Waals surface area contributed by atoms with Crippen molar-refractivity contribution in [2.75, 3.05) is 5.32 Å². The number of hydrogen-bond acceptors (Lipinski definition) is 5. The SMILES string of the molecule is Cc1cc(NC(=O)[C@H](C)OC(=O)c2cc(F)ccc2Br)no1. The number of benzene rings is 1. The molecule has 6 nitrogen and oxygen atoms in total. The molecule has 0 unspecified atom stereocenters. The quantitative estimate of drug-likeness (QED) is 0.836. The van der Waals surface area contributed by atoms with E-state index in [1.54, 1.807) is 6.92 Å². The number of carbonyl (C=O) groups is 2. The summed E-state index contributed by atoms with van der Waals surface area (Å²) in [6.45, 7) is 3.07. The molecule has 0 bridgehead atoms. The van der Waals surface area contributed by atoms with Crippen LogP contribution in [0.25, 0.3) is 0 Å². The van der Waals surface area contributed by atoms with Crippen molar-refractivity contribution < 1.29 is 23.2 Å². The van der Waals surface area contributed by atoms with Crippen molar-refractivity contribution in [3.63, 3.8) is 0 Å². The largest absolute Gasteiger partial charge is 0.449 e. The first kappa shape index (κ1) is 16.2. The molecule has 0 radical (unpaired) electrons. The zero-order valence-electron chi connectivity index (χ0n) is 11.7. The van der Waals surface area contributed by atoms with E-state index in [0.717, 1.165) is 6.07 Å². The number of aromatic nitrogens is 1. The number of nitrogens with zero attached hydrogens (tertiary/aromatic N) is 1. The van der Waals surface area contributed by atoms with Crippen molar-refractivity contribution in [1.82, 2.24) is 5.16 Å². The Kier molecular flexibility index (Phi) is 4.92. The van der Waals surface area contributed by atoms with E-state index in [9.17, 15) is 14.0 Å². The minimum Gasteiger partial charge on any atom is -0.449 e. The number of esters is 1. The second-order valence-corrected chi connectivity index (χ2v) is 5.34. The Balaban J connectivity index is 2.01. The van der Waals surface area contributed by atoms with E-state index < -0.39 is 23.8 Å². The first-order chi connectivity index (χ1) is 10.4. The maximum atomic E-state index is 13.2. The van der Waals surface area contributed by atoms with Crippen LogP contribution in [-0.4, -0.2) is 23.1 Å². The second-order valence-electron chi connectivity index (χ2n) is 4.48. The molecule has 0 aliphatic carbocycles. The molecule has 2 rings (SSSR count). The molecule has 8 heteroatoms. The molecule has 1 amide bonds. The van der Waals surface area contributed by atoms with Gasteiger partial charge in [-0.25, -0.2) is 9.18 Å². The van der Waals surface area contributed by atoms with E-state index >= 15 is 0 Å². The van der Waals surface area contributed by atoms with E-state index in [1.807, 2.05) is 0 Å². The Hall–Kier alpha value is -2.22.